The van der Waals surface area contributed by atoms with Gasteiger partial charge in [-0.25, -0.2) is 0 Å². The highest BCUT2D eigenvalue weighted by Gasteiger charge is 2.58. The molecule has 4 fully saturated rings. The van der Waals surface area contributed by atoms with E-state index in [-0.39, 0.29) is 47.4 Å². The van der Waals surface area contributed by atoms with Crippen LogP contribution in [-0.4, -0.2) is 58.8 Å². The van der Waals surface area contributed by atoms with Crippen molar-refractivity contribution in [2.24, 2.45) is 39.7 Å². The van der Waals surface area contributed by atoms with Crippen molar-refractivity contribution in [3.8, 4) is 0 Å². The molecule has 3 N–H and O–H groups in total. The smallest absolute Gasteiger partial charge is 0.305 e. The first-order chi connectivity index (χ1) is 18.4. The van der Waals surface area contributed by atoms with Gasteiger partial charge in [-0.3, -0.25) is 9.59 Å². The Labute approximate surface area is 233 Å². The Kier molecular flexibility index (Phi) is 7.92. The fourth-order valence-corrected chi connectivity index (χ4v) is 9.18. The Balaban J connectivity index is 1.18. The number of nitrogens with one attached hydrogen (secondary N) is 1. The molecule has 0 unspecified atom stereocenters. The number of aliphatic carboxylic acids is 1. The SMILES string of the molecule is CC1(C)C[C@H]([C@H](CC(=O)O)NC(=O)CON=C2C=C3CC[C@@H]4[C@@H]5CC[C@H](O)[C@@]5(C)CC[C@@H]4[C@@]3(C)CC2)CCO1. The third-order valence-corrected chi connectivity index (χ3v) is 11.3. The number of nitrogens with zero attached hydrogens (tertiary/aromatic N) is 1. The lowest BCUT2D eigenvalue weighted by Gasteiger charge is -2.57. The summed E-state index contributed by atoms with van der Waals surface area (Å²) >= 11 is 0. The molecule has 0 aromatic carbocycles. The molecular weight excluding hydrogens is 496 g/mol. The van der Waals surface area contributed by atoms with Crippen molar-refractivity contribution < 1.29 is 29.4 Å². The van der Waals surface area contributed by atoms with Gasteiger partial charge in [-0.2, -0.15) is 0 Å². The van der Waals surface area contributed by atoms with Gasteiger partial charge in [0.05, 0.1) is 23.8 Å². The molecule has 8 atom stereocenters. The zero-order valence-corrected chi connectivity index (χ0v) is 24.2. The molecule has 1 heterocycles. The Morgan fingerprint density at radius 1 is 1.10 bits per heavy atom. The molecule has 0 aromatic heterocycles. The minimum Gasteiger partial charge on any atom is -0.481 e. The number of rotatable bonds is 7. The zero-order valence-electron chi connectivity index (χ0n) is 24.2. The minimum atomic E-state index is -0.927. The van der Waals surface area contributed by atoms with Crippen LogP contribution in [0.3, 0.4) is 0 Å². The number of fused-ring (bicyclic) bond motifs is 5. The van der Waals surface area contributed by atoms with Gasteiger partial charge in [0.25, 0.3) is 5.91 Å². The van der Waals surface area contributed by atoms with Gasteiger partial charge < -0.3 is 25.1 Å². The maximum atomic E-state index is 12.7. The summed E-state index contributed by atoms with van der Waals surface area (Å²) in [5, 5.41) is 27.3. The van der Waals surface area contributed by atoms with Crippen LogP contribution in [-0.2, 0) is 19.2 Å². The maximum Gasteiger partial charge on any atom is 0.305 e. The molecule has 5 aliphatic rings. The van der Waals surface area contributed by atoms with Crippen molar-refractivity contribution in [3.63, 3.8) is 0 Å². The normalized spacial score (nSPS) is 41.0. The van der Waals surface area contributed by atoms with Gasteiger partial charge in [0.15, 0.2) is 6.61 Å². The number of amides is 1. The third-order valence-electron chi connectivity index (χ3n) is 11.3. The van der Waals surface area contributed by atoms with Crippen molar-refractivity contribution in [3.05, 3.63) is 11.6 Å². The maximum absolute atomic E-state index is 12.7. The zero-order chi connectivity index (χ0) is 28.0. The number of allylic oxidation sites excluding steroid dienone is 2. The van der Waals surface area contributed by atoms with Crippen molar-refractivity contribution in [1.82, 2.24) is 5.32 Å². The monoisotopic (exact) mass is 544 g/mol. The van der Waals surface area contributed by atoms with E-state index in [1.54, 1.807) is 0 Å². The molecule has 218 valence electrons. The Morgan fingerprint density at radius 2 is 1.90 bits per heavy atom. The number of carbonyl (C=O) groups is 2. The number of oxime groups is 1. The number of ether oxygens (including phenoxy) is 1. The van der Waals surface area contributed by atoms with Crippen LogP contribution in [0, 0.1) is 34.5 Å². The summed E-state index contributed by atoms with van der Waals surface area (Å²) in [5.74, 6) is 0.772. The number of hydrogen-bond donors (Lipinski definition) is 3. The predicted molar refractivity (Wildman–Crippen MR) is 148 cm³/mol. The van der Waals surface area contributed by atoms with Gasteiger partial charge in [0.1, 0.15) is 0 Å². The second kappa shape index (κ2) is 10.8. The number of aliphatic hydroxyl groups is 1. The Morgan fingerprint density at radius 3 is 2.64 bits per heavy atom. The fourth-order valence-electron chi connectivity index (χ4n) is 9.18. The van der Waals surface area contributed by atoms with Gasteiger partial charge in [-0.05, 0) is 119 Å². The molecule has 8 heteroatoms. The van der Waals surface area contributed by atoms with Crippen molar-refractivity contribution in [1.29, 1.82) is 0 Å². The van der Waals surface area contributed by atoms with Crippen LogP contribution in [0.2, 0.25) is 0 Å². The van der Waals surface area contributed by atoms with Crippen LogP contribution in [0.1, 0.15) is 98.3 Å². The van der Waals surface area contributed by atoms with Gasteiger partial charge in [-0.15, -0.1) is 0 Å². The molecule has 3 saturated carbocycles. The first-order valence-electron chi connectivity index (χ1n) is 15.1. The topological polar surface area (TPSA) is 117 Å². The number of carbonyl (C=O) groups excluding carboxylic acids is 1. The molecule has 0 bridgehead atoms. The molecule has 8 nitrogen and oxygen atoms in total. The van der Waals surface area contributed by atoms with Crippen LogP contribution in [0.4, 0.5) is 0 Å². The summed E-state index contributed by atoms with van der Waals surface area (Å²) in [5.41, 5.74) is 2.30. The number of aliphatic hydroxyl groups excluding tert-OH is 1. The second-order valence-electron chi connectivity index (χ2n) is 14.1. The van der Waals surface area contributed by atoms with E-state index in [2.05, 4.69) is 30.4 Å². The van der Waals surface area contributed by atoms with E-state index in [1.807, 2.05) is 13.8 Å². The van der Waals surface area contributed by atoms with E-state index in [9.17, 15) is 19.8 Å². The third kappa shape index (κ3) is 5.65. The average molecular weight is 545 g/mol. The van der Waals surface area contributed by atoms with E-state index < -0.39 is 12.0 Å². The number of carboxylic acids is 1. The average Bonchev–Trinajstić information content (AvgIpc) is 3.17. The van der Waals surface area contributed by atoms with Crippen LogP contribution in [0.25, 0.3) is 0 Å². The lowest BCUT2D eigenvalue weighted by atomic mass is 9.47. The quantitative estimate of drug-likeness (QED) is 0.395. The highest BCUT2D eigenvalue weighted by atomic mass is 16.6. The van der Waals surface area contributed by atoms with Crippen LogP contribution in [0.5, 0.6) is 0 Å². The largest absolute Gasteiger partial charge is 0.481 e. The van der Waals surface area contributed by atoms with E-state index in [0.717, 1.165) is 50.7 Å². The van der Waals surface area contributed by atoms with E-state index >= 15 is 0 Å². The van der Waals surface area contributed by atoms with E-state index in [4.69, 9.17) is 9.57 Å². The number of hydrogen-bond acceptors (Lipinski definition) is 6. The fraction of sp³-hybridized carbons (Fsp3) is 0.839. The standard InChI is InChI=1S/C31H48N2O6/c1-29(2)17-19(11-14-38-29)25(16-28(36)37)32-27(35)18-39-33-21-9-12-30(3)20(15-21)5-6-22-23-7-8-26(34)31(23,4)13-10-24(22)30/h15,19,22-26,34H,5-14,16-18H2,1-4H3,(H,32,35)(H,36,37)/t19-,22-,23+,24+,25+,26+,30+,31+/m1/s1. The lowest BCUT2D eigenvalue weighted by molar-refractivity contribution is -0.139. The van der Waals surface area contributed by atoms with Crippen molar-refractivity contribution >= 4 is 17.6 Å². The molecule has 1 aliphatic heterocycles. The van der Waals surface area contributed by atoms with Crippen molar-refractivity contribution in [2.45, 2.75) is 116 Å². The summed E-state index contributed by atoms with van der Waals surface area (Å²) in [6.45, 7) is 9.10. The molecular formula is C31H48N2O6. The lowest BCUT2D eigenvalue weighted by Crippen LogP contribution is -2.51. The highest BCUT2D eigenvalue weighted by molar-refractivity contribution is 5.96. The van der Waals surface area contributed by atoms with Crippen LogP contribution in [0.15, 0.2) is 16.8 Å². The summed E-state index contributed by atoms with van der Waals surface area (Å²) in [7, 11) is 0. The molecule has 0 spiro atoms. The second-order valence-corrected chi connectivity index (χ2v) is 14.1. The highest BCUT2D eigenvalue weighted by Crippen LogP contribution is 2.65. The minimum absolute atomic E-state index is 0.0427. The summed E-state index contributed by atoms with van der Waals surface area (Å²) in [4.78, 5) is 29.7. The summed E-state index contributed by atoms with van der Waals surface area (Å²) < 4.78 is 5.77. The Bertz CT molecular complexity index is 1020. The first-order valence-corrected chi connectivity index (χ1v) is 15.1. The van der Waals surface area contributed by atoms with Crippen molar-refractivity contribution in [2.75, 3.05) is 13.2 Å². The first kappa shape index (κ1) is 28.6. The summed E-state index contributed by atoms with van der Waals surface area (Å²) in [6.07, 6.45) is 11.9. The molecule has 1 saturated heterocycles. The molecule has 1 amide bonds. The van der Waals surface area contributed by atoms with Crippen LogP contribution < -0.4 is 5.32 Å². The van der Waals surface area contributed by atoms with Gasteiger partial charge in [0, 0.05) is 12.6 Å². The van der Waals surface area contributed by atoms with E-state index in [1.165, 1.54) is 18.4 Å². The number of carboxylic acid groups (broad SMARTS) is 1. The van der Waals surface area contributed by atoms with Gasteiger partial charge >= 0.3 is 5.97 Å². The van der Waals surface area contributed by atoms with E-state index in [0.29, 0.717) is 30.8 Å². The predicted octanol–water partition coefficient (Wildman–Crippen LogP) is 4.85. The molecule has 5 rings (SSSR count). The molecule has 39 heavy (non-hydrogen) atoms. The Hall–Kier alpha value is -1.93. The molecule has 0 aromatic rings. The van der Waals surface area contributed by atoms with Gasteiger partial charge in [0.2, 0.25) is 0 Å². The summed E-state index contributed by atoms with van der Waals surface area (Å²) in [6, 6.07) is -0.458. The van der Waals surface area contributed by atoms with Gasteiger partial charge in [-0.1, -0.05) is 24.6 Å². The molecule has 4 aliphatic carbocycles. The molecule has 0 radical (unpaired) electrons. The van der Waals surface area contributed by atoms with Crippen LogP contribution >= 0.6 is 0 Å².